The van der Waals surface area contributed by atoms with Crippen LogP contribution in [-0.2, 0) is 6.42 Å². The van der Waals surface area contributed by atoms with Crippen molar-refractivity contribution in [3.05, 3.63) is 62.5 Å². The van der Waals surface area contributed by atoms with Crippen LogP contribution < -0.4 is 15.8 Å². The van der Waals surface area contributed by atoms with Gasteiger partial charge in [-0.3, -0.25) is 19.0 Å². The van der Waals surface area contributed by atoms with E-state index in [1.54, 1.807) is 24.3 Å². The second-order valence-corrected chi connectivity index (χ2v) is 7.82. The average molecular weight is 403 g/mol. The molecule has 0 radical (unpaired) electrons. The molecule has 148 valence electrons. The maximum atomic E-state index is 13.2. The molecule has 1 aliphatic carbocycles. The molecule has 0 fully saturated rings. The third kappa shape index (κ3) is 4.34. The minimum absolute atomic E-state index is 0.00106. The van der Waals surface area contributed by atoms with Gasteiger partial charge in [0.25, 0.3) is 11.5 Å². The predicted molar refractivity (Wildman–Crippen MR) is 109 cm³/mol. The van der Waals surface area contributed by atoms with Crippen molar-refractivity contribution in [3.63, 3.8) is 0 Å². The Morgan fingerprint density at radius 3 is 2.57 bits per heavy atom. The highest BCUT2D eigenvalue weighted by atomic mass is 35.5. The lowest BCUT2D eigenvalue weighted by Crippen LogP contribution is -3.05. The van der Waals surface area contributed by atoms with Crippen LogP contribution in [0, 0.1) is 0 Å². The molecule has 2 aromatic rings. The van der Waals surface area contributed by atoms with Crippen LogP contribution in [0.2, 0.25) is 5.02 Å². The molecule has 3 rings (SSSR count). The summed E-state index contributed by atoms with van der Waals surface area (Å²) in [5, 5.41) is 3.36. The van der Waals surface area contributed by atoms with Gasteiger partial charge in [0.1, 0.15) is 5.56 Å². The highest BCUT2D eigenvalue weighted by Crippen LogP contribution is 2.24. The zero-order valence-corrected chi connectivity index (χ0v) is 16.9. The summed E-state index contributed by atoms with van der Waals surface area (Å²) in [5.41, 5.74) is 1.32. The van der Waals surface area contributed by atoms with E-state index in [1.165, 1.54) is 15.5 Å². The molecule has 1 aromatic heterocycles. The fraction of sp³-hybridized carbons (Fsp3) is 0.381. The van der Waals surface area contributed by atoms with Crippen molar-refractivity contribution in [2.24, 2.45) is 0 Å². The number of hydrogen-bond donors (Lipinski definition) is 2. The normalized spacial score (nSPS) is 13.5. The third-order valence-electron chi connectivity index (χ3n) is 4.89. The Bertz CT molecular complexity index is 949. The molecule has 0 spiro atoms. The second-order valence-electron chi connectivity index (χ2n) is 7.38. The van der Waals surface area contributed by atoms with E-state index in [-0.39, 0.29) is 11.3 Å². The van der Waals surface area contributed by atoms with E-state index in [2.05, 4.69) is 5.32 Å². The van der Waals surface area contributed by atoms with Crippen LogP contribution in [0.25, 0.3) is 5.69 Å². The summed E-state index contributed by atoms with van der Waals surface area (Å²) in [6.45, 7) is 1.40. The number of aromatic nitrogens is 1. The number of benzene rings is 1. The molecule has 0 atom stereocenters. The quantitative estimate of drug-likeness (QED) is 0.715. The van der Waals surface area contributed by atoms with Gasteiger partial charge in [0.05, 0.1) is 20.6 Å². The van der Waals surface area contributed by atoms with E-state index < -0.39 is 11.5 Å². The first-order valence-corrected chi connectivity index (χ1v) is 9.91. The molecule has 2 N–H and O–H groups in total. The molecule has 0 unspecified atom stereocenters. The first-order chi connectivity index (χ1) is 13.4. The largest absolute Gasteiger partial charge is 0.352 e. The Morgan fingerprint density at radius 2 is 1.89 bits per heavy atom. The van der Waals surface area contributed by atoms with Crippen molar-refractivity contribution in [1.82, 2.24) is 9.88 Å². The summed E-state index contributed by atoms with van der Waals surface area (Å²) in [6.07, 6.45) is 2.55. The van der Waals surface area contributed by atoms with Gasteiger partial charge < -0.3 is 10.2 Å². The zero-order valence-electron chi connectivity index (χ0n) is 16.2. The lowest BCUT2D eigenvalue weighted by Gasteiger charge is -2.21. The highest BCUT2D eigenvalue weighted by molar-refractivity contribution is 6.30. The Hall–Kier alpha value is -2.44. The molecular formula is C21H25ClN3O3+. The zero-order chi connectivity index (χ0) is 20.3. The number of hydrogen-bond acceptors (Lipinski definition) is 3. The summed E-state index contributed by atoms with van der Waals surface area (Å²) in [7, 11) is 4.09. The van der Waals surface area contributed by atoms with Crippen molar-refractivity contribution in [2.45, 2.75) is 25.7 Å². The van der Waals surface area contributed by atoms with E-state index in [9.17, 15) is 14.4 Å². The molecule has 0 bridgehead atoms. The van der Waals surface area contributed by atoms with Crippen molar-refractivity contribution in [2.75, 3.05) is 27.2 Å². The summed E-state index contributed by atoms with van der Waals surface area (Å²) in [5.74, 6) is -0.475. The molecule has 28 heavy (non-hydrogen) atoms. The number of ketones is 1. The van der Waals surface area contributed by atoms with Gasteiger partial charge in [0.2, 0.25) is 0 Å². The molecule has 0 saturated heterocycles. The fourth-order valence-electron chi connectivity index (χ4n) is 3.46. The Labute approximate surface area is 169 Å². The number of carbonyl (C=O) groups is 2. The van der Waals surface area contributed by atoms with E-state index >= 15 is 0 Å². The average Bonchev–Trinajstić information content (AvgIpc) is 2.66. The number of halogens is 1. The van der Waals surface area contributed by atoms with Gasteiger partial charge in [-0.15, -0.1) is 0 Å². The molecule has 1 aliphatic rings. The number of nitrogens with zero attached hydrogens (tertiary/aromatic N) is 1. The second kappa shape index (κ2) is 8.71. The summed E-state index contributed by atoms with van der Waals surface area (Å²) in [6, 6.07) is 8.31. The number of amides is 1. The number of nitrogens with one attached hydrogen (secondary N) is 2. The number of rotatable bonds is 6. The van der Waals surface area contributed by atoms with E-state index in [4.69, 9.17) is 11.6 Å². The minimum atomic E-state index is -0.442. The van der Waals surface area contributed by atoms with Gasteiger partial charge in [-0.2, -0.15) is 0 Å². The molecule has 1 heterocycles. The summed E-state index contributed by atoms with van der Waals surface area (Å²) < 4.78 is 1.49. The maximum absolute atomic E-state index is 13.2. The van der Waals surface area contributed by atoms with Gasteiger partial charge >= 0.3 is 0 Å². The summed E-state index contributed by atoms with van der Waals surface area (Å²) >= 11 is 5.97. The van der Waals surface area contributed by atoms with Crippen LogP contribution >= 0.6 is 11.6 Å². The third-order valence-corrected chi connectivity index (χ3v) is 5.14. The summed E-state index contributed by atoms with van der Waals surface area (Å²) in [4.78, 5) is 39.6. The van der Waals surface area contributed by atoms with Gasteiger partial charge in [-0.25, -0.2) is 0 Å². The number of quaternary nitrogens is 1. The highest BCUT2D eigenvalue weighted by Gasteiger charge is 2.26. The van der Waals surface area contributed by atoms with Crippen LogP contribution in [0.4, 0.5) is 0 Å². The standard InChI is InChI=1S/C21H24ClN3O3/c1-24(2)12-4-11-23-20(27)17-13-16-18(5-3-6-19(16)26)25(21(17)28)15-9-7-14(22)8-10-15/h7-10,13H,3-6,11-12H2,1-2H3,(H,23,27)/p+1. The van der Waals surface area contributed by atoms with Crippen molar-refractivity contribution in [1.29, 1.82) is 0 Å². The molecule has 1 aromatic carbocycles. The smallest absolute Gasteiger partial charge is 0.268 e. The first kappa shape index (κ1) is 20.3. The van der Waals surface area contributed by atoms with Gasteiger partial charge in [0, 0.05) is 41.4 Å². The van der Waals surface area contributed by atoms with Crippen molar-refractivity contribution >= 4 is 23.3 Å². The molecule has 0 aliphatic heterocycles. The predicted octanol–water partition coefficient (Wildman–Crippen LogP) is 1.27. The molecule has 7 heteroatoms. The monoisotopic (exact) mass is 402 g/mol. The van der Waals surface area contributed by atoms with Gasteiger partial charge in [-0.05, 0) is 43.2 Å². The topological polar surface area (TPSA) is 72.6 Å². The lowest BCUT2D eigenvalue weighted by atomic mass is 9.92. The number of carbonyl (C=O) groups excluding carboxylic acids is 2. The maximum Gasteiger partial charge on any atom is 0.268 e. The van der Waals surface area contributed by atoms with Crippen LogP contribution in [0.1, 0.15) is 45.7 Å². The molecular weight excluding hydrogens is 378 g/mol. The molecule has 6 nitrogen and oxygen atoms in total. The van der Waals surface area contributed by atoms with Gasteiger partial charge in [-0.1, -0.05) is 11.6 Å². The van der Waals surface area contributed by atoms with E-state index in [0.717, 1.165) is 13.0 Å². The van der Waals surface area contributed by atoms with Crippen LogP contribution in [0.15, 0.2) is 35.1 Å². The van der Waals surface area contributed by atoms with Gasteiger partial charge in [0.15, 0.2) is 5.78 Å². The number of Topliss-reactive ketones (excluding diaryl/α,β-unsaturated/α-hetero) is 1. The van der Waals surface area contributed by atoms with Crippen LogP contribution in [0.3, 0.4) is 0 Å². The Morgan fingerprint density at radius 1 is 1.18 bits per heavy atom. The van der Waals surface area contributed by atoms with Crippen LogP contribution in [-0.4, -0.2) is 43.4 Å². The number of fused-ring (bicyclic) bond motifs is 1. The molecule has 1 amide bonds. The first-order valence-electron chi connectivity index (χ1n) is 9.54. The minimum Gasteiger partial charge on any atom is -0.352 e. The lowest BCUT2D eigenvalue weighted by molar-refractivity contribution is -0.858. The molecule has 0 saturated carbocycles. The Kier molecular flexibility index (Phi) is 6.31. The Balaban J connectivity index is 2.02. The van der Waals surface area contributed by atoms with Crippen molar-refractivity contribution < 1.29 is 14.5 Å². The van der Waals surface area contributed by atoms with Crippen LogP contribution in [0.5, 0.6) is 0 Å². The fourth-order valence-corrected chi connectivity index (χ4v) is 3.58. The van der Waals surface area contributed by atoms with E-state index in [0.29, 0.717) is 47.8 Å². The number of pyridine rings is 1. The van der Waals surface area contributed by atoms with Crippen molar-refractivity contribution in [3.8, 4) is 5.69 Å². The SMILES string of the molecule is C[NH+](C)CCCNC(=O)c1cc2c(n(-c3ccc(Cl)cc3)c1=O)CCCC2=O. The van der Waals surface area contributed by atoms with E-state index in [1.807, 2.05) is 14.1 Å².